The lowest BCUT2D eigenvalue weighted by molar-refractivity contribution is -0.756. The van der Waals surface area contributed by atoms with E-state index in [1.54, 1.807) is 6.07 Å². The number of nitrogens with zero attached hydrogens (tertiary/aromatic N) is 3. The minimum Gasteiger partial charge on any atom is -0.862 e. The number of halogens is 1. The van der Waals surface area contributed by atoms with Gasteiger partial charge in [-0.25, -0.2) is 4.99 Å². The van der Waals surface area contributed by atoms with Crippen LogP contribution < -0.4 is 9.79 Å². The van der Waals surface area contributed by atoms with Crippen LogP contribution in [0.4, 0.5) is 5.88 Å². The van der Waals surface area contributed by atoms with Gasteiger partial charge in [0.15, 0.2) is 0 Å². The van der Waals surface area contributed by atoms with Gasteiger partial charge in [0.25, 0.3) is 0 Å². The molecule has 2 rings (SSSR count). The van der Waals surface area contributed by atoms with Gasteiger partial charge in [-0.3, -0.25) is 9.32 Å². The molecular weight excluding hydrogens is 282 g/mol. The van der Waals surface area contributed by atoms with E-state index in [1.165, 1.54) is 18.5 Å². The van der Waals surface area contributed by atoms with E-state index in [2.05, 4.69) is 10.3 Å². The van der Waals surface area contributed by atoms with Crippen molar-refractivity contribution in [2.24, 2.45) is 4.99 Å². The minimum absolute atomic E-state index is 0.0861. The molecule has 0 fully saturated rings. The summed E-state index contributed by atoms with van der Waals surface area (Å²) in [5.74, 6) is -0.844. The summed E-state index contributed by atoms with van der Waals surface area (Å²) in [6.45, 7) is 2.88. The number of rotatable bonds is 4. The van der Waals surface area contributed by atoms with E-state index < -0.39 is 5.90 Å². The summed E-state index contributed by atoms with van der Waals surface area (Å²) in [7, 11) is 0. The molecule has 2 aromatic rings. The van der Waals surface area contributed by atoms with Crippen LogP contribution >= 0.6 is 11.6 Å². The van der Waals surface area contributed by atoms with Crippen molar-refractivity contribution in [2.75, 3.05) is 0 Å². The first kappa shape index (κ1) is 14.2. The van der Waals surface area contributed by atoms with Crippen LogP contribution in [0, 0.1) is 0 Å². The minimum atomic E-state index is -0.464. The number of carbonyl (C=O) groups is 1. The van der Waals surface area contributed by atoms with Crippen molar-refractivity contribution in [3.05, 3.63) is 40.5 Å². The molecule has 0 atom stereocenters. The first-order valence-corrected chi connectivity index (χ1v) is 6.23. The molecule has 1 aromatic carbocycles. The standard InChI is InChI=1S/C13H12ClN3O3/c1-8(18)12-13(15-9(2)19)20-16-17(12)7-10-5-3-4-6-11(10)14/h3-6H,7H2,1-2H3. The number of benzene rings is 1. The van der Waals surface area contributed by atoms with E-state index >= 15 is 0 Å². The number of aliphatic imine (C=N–C) groups is 1. The van der Waals surface area contributed by atoms with Crippen molar-refractivity contribution in [1.29, 1.82) is 0 Å². The molecule has 7 heteroatoms. The van der Waals surface area contributed by atoms with Crippen molar-refractivity contribution in [2.45, 2.75) is 20.4 Å². The highest BCUT2D eigenvalue weighted by Crippen LogP contribution is 2.18. The van der Waals surface area contributed by atoms with Gasteiger partial charge in [0.05, 0.1) is 5.02 Å². The van der Waals surface area contributed by atoms with Gasteiger partial charge in [-0.05, 0) is 23.6 Å². The first-order chi connectivity index (χ1) is 9.49. The molecule has 0 saturated carbocycles. The molecule has 104 valence electrons. The smallest absolute Gasteiger partial charge is 0.342 e. The molecule has 6 nitrogen and oxygen atoms in total. The Morgan fingerprint density at radius 1 is 1.45 bits per heavy atom. The van der Waals surface area contributed by atoms with Gasteiger partial charge in [0, 0.05) is 12.5 Å². The van der Waals surface area contributed by atoms with Gasteiger partial charge in [-0.1, -0.05) is 29.8 Å². The second-order valence-corrected chi connectivity index (χ2v) is 4.57. The Morgan fingerprint density at radius 3 is 2.75 bits per heavy atom. The number of carbonyl (C=O) groups excluding carboxylic acids is 1. The summed E-state index contributed by atoms with van der Waals surface area (Å²) in [6, 6.07) is 7.19. The molecule has 1 aromatic heterocycles. The Balaban J connectivity index is 2.43. The average molecular weight is 294 g/mol. The molecule has 20 heavy (non-hydrogen) atoms. The lowest BCUT2D eigenvalue weighted by Crippen LogP contribution is -2.41. The maximum absolute atomic E-state index is 11.7. The Hall–Kier alpha value is -2.21. The monoisotopic (exact) mass is 293 g/mol. The van der Waals surface area contributed by atoms with E-state index in [1.807, 2.05) is 18.2 Å². The lowest BCUT2D eigenvalue weighted by Gasteiger charge is -1.99. The van der Waals surface area contributed by atoms with Crippen LogP contribution in [0.25, 0.3) is 0 Å². The highest BCUT2D eigenvalue weighted by molar-refractivity contribution is 6.31. The van der Waals surface area contributed by atoms with Crippen LogP contribution in [0.15, 0.2) is 33.8 Å². The van der Waals surface area contributed by atoms with Crippen molar-refractivity contribution < 1.29 is 19.1 Å². The van der Waals surface area contributed by atoms with Crippen LogP contribution in [0.3, 0.4) is 0 Å². The summed E-state index contributed by atoms with van der Waals surface area (Å²) < 4.78 is 6.28. The fourth-order valence-electron chi connectivity index (χ4n) is 1.73. The topological polar surface area (TPSA) is 82.4 Å². The molecule has 0 N–H and O–H groups in total. The third-order valence-electron chi connectivity index (χ3n) is 2.56. The average Bonchev–Trinajstić information content (AvgIpc) is 2.74. The zero-order valence-electron chi connectivity index (χ0n) is 11.0. The summed E-state index contributed by atoms with van der Waals surface area (Å²) >= 11 is 6.06. The molecule has 0 aliphatic rings. The molecule has 1 heterocycles. The molecule has 0 amide bonds. The fraction of sp³-hybridized carbons (Fsp3) is 0.231. The van der Waals surface area contributed by atoms with Gasteiger partial charge in [0.2, 0.25) is 17.6 Å². The Morgan fingerprint density at radius 2 is 2.15 bits per heavy atom. The molecule has 0 aliphatic heterocycles. The Labute approximate surface area is 120 Å². The van der Waals surface area contributed by atoms with Gasteiger partial charge in [0.1, 0.15) is 0 Å². The largest absolute Gasteiger partial charge is 0.862 e. The van der Waals surface area contributed by atoms with Gasteiger partial charge < -0.3 is 5.11 Å². The van der Waals surface area contributed by atoms with Gasteiger partial charge >= 0.3 is 11.6 Å². The van der Waals surface area contributed by atoms with E-state index in [-0.39, 0.29) is 23.9 Å². The summed E-state index contributed by atoms with van der Waals surface area (Å²) in [4.78, 5) is 15.3. The highest BCUT2D eigenvalue weighted by atomic mass is 35.5. The van der Waals surface area contributed by atoms with E-state index in [4.69, 9.17) is 16.1 Å². The zero-order valence-corrected chi connectivity index (χ0v) is 11.7. The van der Waals surface area contributed by atoms with E-state index in [9.17, 15) is 9.90 Å². The van der Waals surface area contributed by atoms with E-state index in [0.29, 0.717) is 5.02 Å². The quantitative estimate of drug-likeness (QED) is 0.368. The summed E-state index contributed by atoms with van der Waals surface area (Å²) in [5.41, 5.74) is 0.921. The highest BCUT2D eigenvalue weighted by Gasteiger charge is 2.29. The first-order valence-electron chi connectivity index (χ1n) is 5.85. The Bertz CT molecular complexity index is 675. The molecule has 0 unspecified atom stereocenters. The maximum Gasteiger partial charge on any atom is 0.342 e. The molecule has 0 radical (unpaired) electrons. The number of aromatic nitrogens is 2. The van der Waals surface area contributed by atoms with Crippen molar-refractivity contribution in [3.63, 3.8) is 0 Å². The fourth-order valence-corrected chi connectivity index (χ4v) is 1.92. The Kier molecular flexibility index (Phi) is 4.14. The maximum atomic E-state index is 11.7. The van der Waals surface area contributed by atoms with Crippen molar-refractivity contribution in [3.8, 4) is 0 Å². The number of hydrogen-bond acceptors (Lipinski definition) is 5. The van der Waals surface area contributed by atoms with Gasteiger partial charge in [-0.2, -0.15) is 0 Å². The predicted molar refractivity (Wildman–Crippen MR) is 70.0 cm³/mol. The molecule has 0 saturated heterocycles. The van der Waals surface area contributed by atoms with Crippen LogP contribution in [-0.2, 0) is 6.54 Å². The van der Waals surface area contributed by atoms with Gasteiger partial charge in [-0.15, -0.1) is 0 Å². The molecule has 0 bridgehead atoms. The normalized spacial score (nSPS) is 11.7. The van der Waals surface area contributed by atoms with Crippen molar-refractivity contribution in [1.82, 2.24) is 5.27 Å². The van der Waals surface area contributed by atoms with Crippen LogP contribution in [-0.4, -0.2) is 17.0 Å². The molecular formula is C13H12ClN3O3. The van der Waals surface area contributed by atoms with Crippen LogP contribution in [0.1, 0.15) is 29.9 Å². The zero-order chi connectivity index (χ0) is 14.7. The number of Topliss-reactive ketones (excluding diaryl/α,β-unsaturated/α-hetero) is 1. The third kappa shape index (κ3) is 3.03. The summed E-state index contributed by atoms with van der Waals surface area (Å²) in [6.07, 6.45) is 0. The SMILES string of the molecule is CC(=O)c1c(/N=C(\C)[O-])on[n+]1Cc1ccccc1Cl. The second kappa shape index (κ2) is 5.83. The molecule has 0 aliphatic carbocycles. The third-order valence-corrected chi connectivity index (χ3v) is 2.93. The molecule has 0 spiro atoms. The summed E-state index contributed by atoms with van der Waals surface area (Å²) in [5, 5.41) is 15.3. The second-order valence-electron chi connectivity index (χ2n) is 4.16. The van der Waals surface area contributed by atoms with Crippen LogP contribution in [0.2, 0.25) is 5.02 Å². The number of hydrogen-bond donors (Lipinski definition) is 0. The lowest BCUT2D eigenvalue weighted by atomic mass is 10.2. The van der Waals surface area contributed by atoms with E-state index in [0.717, 1.165) is 5.56 Å². The predicted octanol–water partition coefficient (Wildman–Crippen LogP) is 1.28. The van der Waals surface area contributed by atoms with Crippen molar-refractivity contribution >= 4 is 29.2 Å². The van der Waals surface area contributed by atoms with Crippen LogP contribution in [0.5, 0.6) is 0 Å². The number of ketones is 1.